The van der Waals surface area contributed by atoms with Crippen molar-refractivity contribution in [2.75, 3.05) is 71.1 Å². The first-order valence-corrected chi connectivity index (χ1v) is 24.1. The molecule has 17 heteroatoms. The van der Waals surface area contributed by atoms with Crippen LogP contribution in [0.15, 0.2) is 115 Å². The Bertz CT molecular complexity index is 2830. The number of hydrogen-bond donors (Lipinski definition) is 0. The lowest BCUT2D eigenvalue weighted by Gasteiger charge is -2.17. The quantitative estimate of drug-likeness (QED) is 0.0302. The number of aldehydes is 1. The zero-order valence-electron chi connectivity index (χ0n) is 47.2. The maximum absolute atomic E-state index is 12.7. The van der Waals surface area contributed by atoms with Gasteiger partial charge in [-0.1, -0.05) is 48.6 Å². The average molecular weight is 1090 g/mol. The van der Waals surface area contributed by atoms with E-state index in [1.807, 2.05) is 0 Å². The predicted octanol–water partition coefficient (Wildman–Crippen LogP) is 10.7. The zero-order valence-corrected chi connectivity index (χ0v) is 47.2. The molecule has 0 atom stereocenters. The lowest BCUT2D eigenvalue weighted by Crippen LogP contribution is -2.30. The summed E-state index contributed by atoms with van der Waals surface area (Å²) in [5, 5.41) is 0. The van der Waals surface area contributed by atoms with E-state index in [0.717, 1.165) is 28.5 Å². The Morgan fingerprint density at radius 2 is 0.570 bits per heavy atom. The molecule has 0 bridgehead atoms. The molecule has 79 heavy (non-hydrogen) atoms. The predicted molar refractivity (Wildman–Crippen MR) is 304 cm³/mol. The molecule has 0 saturated carbocycles. The molecule has 5 aromatic rings. The van der Waals surface area contributed by atoms with Gasteiger partial charge in [-0.05, 0) is 141 Å². The molecule has 0 saturated heterocycles. The number of hydrogen-bond acceptors (Lipinski definition) is 17. The molecule has 0 unspecified atom stereocenters. The molecular formula is C62H70O17. The highest BCUT2D eigenvalue weighted by Crippen LogP contribution is 2.32. The Kier molecular flexibility index (Phi) is 28.7. The van der Waals surface area contributed by atoms with Crippen LogP contribution in [0, 0.1) is 5.41 Å². The van der Waals surface area contributed by atoms with Gasteiger partial charge in [-0.3, -0.25) is 33.6 Å². The monoisotopic (exact) mass is 1090 g/mol. The summed E-state index contributed by atoms with van der Waals surface area (Å²) in [7, 11) is 15.5. The lowest BCUT2D eigenvalue weighted by molar-refractivity contribution is -0.133. The summed E-state index contributed by atoms with van der Waals surface area (Å²) in [4.78, 5) is 80.0. The molecule has 0 aliphatic heterocycles. The summed E-state index contributed by atoms with van der Waals surface area (Å²) >= 11 is 0. The molecule has 5 aromatic carbocycles. The second kappa shape index (κ2) is 34.4. The number of carbonyl (C=O) groups is 7. The summed E-state index contributed by atoms with van der Waals surface area (Å²) in [6.45, 7) is 6.02. The van der Waals surface area contributed by atoms with Crippen LogP contribution in [0.5, 0.6) is 57.5 Å². The van der Waals surface area contributed by atoms with Crippen LogP contribution in [-0.4, -0.2) is 112 Å². The van der Waals surface area contributed by atoms with Crippen molar-refractivity contribution < 1.29 is 80.9 Å². The van der Waals surface area contributed by atoms with Crippen molar-refractivity contribution in [3.8, 4) is 57.5 Å². The van der Waals surface area contributed by atoms with E-state index in [1.165, 1.54) is 45.3 Å². The molecule has 0 spiro atoms. The van der Waals surface area contributed by atoms with Gasteiger partial charge in [0.25, 0.3) is 0 Å². The second-order valence-electron chi connectivity index (χ2n) is 17.1. The molecule has 0 aliphatic rings. The Hall–Kier alpha value is -9.25. The van der Waals surface area contributed by atoms with Crippen molar-refractivity contribution >= 4 is 65.3 Å². The van der Waals surface area contributed by atoms with Crippen LogP contribution in [0.3, 0.4) is 0 Å². The topological polar surface area (TPSA) is 212 Å². The number of ether oxygens (including phenoxy) is 10. The Morgan fingerprint density at radius 1 is 0.342 bits per heavy atom. The largest absolute Gasteiger partial charge is 0.493 e. The van der Waals surface area contributed by atoms with Crippen LogP contribution in [-0.2, 0) is 28.8 Å². The van der Waals surface area contributed by atoms with Gasteiger partial charge in [-0.25, -0.2) is 0 Å². The first-order chi connectivity index (χ1) is 37.7. The Labute approximate surface area is 462 Å². The van der Waals surface area contributed by atoms with Gasteiger partial charge in [0.1, 0.15) is 17.9 Å². The normalized spacial score (nSPS) is 10.7. The van der Waals surface area contributed by atoms with Gasteiger partial charge in [-0.15, -0.1) is 0 Å². The first-order valence-electron chi connectivity index (χ1n) is 24.1. The van der Waals surface area contributed by atoms with Crippen molar-refractivity contribution in [3.05, 3.63) is 143 Å². The van der Waals surface area contributed by atoms with Crippen LogP contribution in [0.2, 0.25) is 0 Å². The van der Waals surface area contributed by atoms with Crippen LogP contribution >= 0.6 is 0 Å². The molecule has 0 aromatic heterocycles. The third kappa shape index (κ3) is 22.1. The number of Topliss-reactive ketones (excluding diaryl/α,β-unsaturated/α-hetero) is 2. The van der Waals surface area contributed by atoms with E-state index in [4.69, 9.17) is 47.4 Å². The van der Waals surface area contributed by atoms with Crippen molar-refractivity contribution in [1.29, 1.82) is 0 Å². The average Bonchev–Trinajstić information content (AvgIpc) is 3.46. The van der Waals surface area contributed by atoms with Crippen molar-refractivity contribution in [1.82, 2.24) is 0 Å². The van der Waals surface area contributed by atoms with E-state index in [0.29, 0.717) is 63.1 Å². The van der Waals surface area contributed by atoms with Crippen molar-refractivity contribution in [2.45, 2.75) is 40.5 Å². The van der Waals surface area contributed by atoms with Gasteiger partial charge in [0, 0.05) is 5.56 Å². The van der Waals surface area contributed by atoms with Crippen LogP contribution in [0.4, 0.5) is 0 Å². The fraction of sp³-hybridized carbons (Fsp3) is 0.274. The number of benzene rings is 5. The molecule has 5 rings (SSSR count). The summed E-state index contributed by atoms with van der Waals surface area (Å²) in [5.41, 5.74) is 2.42. The minimum Gasteiger partial charge on any atom is -0.493 e. The van der Waals surface area contributed by atoms with Crippen LogP contribution in [0.1, 0.15) is 73.1 Å². The smallest absolute Gasteiger partial charge is 0.169 e. The summed E-state index contributed by atoms with van der Waals surface area (Å²) in [6.07, 6.45) is 12.8. The summed E-state index contributed by atoms with van der Waals surface area (Å²) in [5.74, 6) is 4.55. The number of ketones is 6. The highest BCUT2D eigenvalue weighted by molar-refractivity contribution is 6.16. The molecule has 0 aliphatic carbocycles. The molecule has 0 fully saturated rings. The summed E-state index contributed by atoms with van der Waals surface area (Å²) in [6, 6.07) is 26.2. The van der Waals surface area contributed by atoms with E-state index >= 15 is 0 Å². The Morgan fingerprint density at radius 3 is 0.785 bits per heavy atom. The molecule has 0 heterocycles. The maximum atomic E-state index is 12.7. The third-order valence-electron chi connectivity index (χ3n) is 11.0. The first kappa shape index (κ1) is 65.9. The minimum absolute atomic E-state index is 0.0625. The molecule has 0 N–H and O–H groups in total. The maximum Gasteiger partial charge on any atom is 0.169 e. The number of carbonyl (C=O) groups excluding carboxylic acids is 7. The molecule has 0 radical (unpaired) electrons. The van der Waals surface area contributed by atoms with Gasteiger partial charge in [0.2, 0.25) is 0 Å². The van der Waals surface area contributed by atoms with E-state index in [-0.39, 0.29) is 47.5 Å². The van der Waals surface area contributed by atoms with Gasteiger partial charge in [-0.2, -0.15) is 0 Å². The lowest BCUT2D eigenvalue weighted by atomic mass is 9.82. The number of rotatable bonds is 25. The highest BCUT2D eigenvalue weighted by Gasteiger charge is 2.32. The zero-order chi connectivity index (χ0) is 59.1. The fourth-order valence-electron chi connectivity index (χ4n) is 6.65. The summed E-state index contributed by atoms with van der Waals surface area (Å²) < 4.78 is 51.8. The van der Waals surface area contributed by atoms with Gasteiger partial charge >= 0.3 is 0 Å². The van der Waals surface area contributed by atoms with E-state index in [9.17, 15) is 33.6 Å². The standard InChI is InChI=1S/C25H28O6.C23H24O6.C9H10O3.C5H8O2/c1-25(2,23(26)13-9-17-7-11-19(28-3)21(15-17)30-5)24(27)14-10-18-8-12-20(29-4)22(16-18)31-6;1-26-20-11-7-16(13-22(20)28-3)5-9-18(24)15-19(25)10-6-17-8-12-21(27-2)23(14-17)29-4;1-11-8-4-3-7(6-10)5-9(8)12-2;1-4(6)3-5(2)7/h7-16H,1-6H3;5-14H,15H2,1-4H3;3-6H,1-2H3;3H2,1-2H3/b13-9+,14-10+;9-5+,10-6+;;. The van der Waals surface area contributed by atoms with Crippen molar-refractivity contribution in [2.24, 2.45) is 5.41 Å². The van der Waals surface area contributed by atoms with Gasteiger partial charge in [0.15, 0.2) is 80.6 Å². The molecule has 17 nitrogen and oxygen atoms in total. The second-order valence-corrected chi connectivity index (χ2v) is 17.1. The molecule has 420 valence electrons. The van der Waals surface area contributed by atoms with Crippen molar-refractivity contribution in [3.63, 3.8) is 0 Å². The number of allylic oxidation sites excluding steroid dienone is 4. The van der Waals surface area contributed by atoms with Crippen LogP contribution in [0.25, 0.3) is 24.3 Å². The van der Waals surface area contributed by atoms with Crippen LogP contribution < -0.4 is 47.4 Å². The minimum atomic E-state index is -1.21. The Balaban J connectivity index is 0.000000408. The van der Waals surface area contributed by atoms with E-state index in [2.05, 4.69) is 0 Å². The third-order valence-corrected chi connectivity index (χ3v) is 11.0. The molecular weight excluding hydrogens is 1020 g/mol. The SMILES string of the molecule is CC(=O)CC(C)=O.COc1ccc(/C=C/C(=O)C(C)(C)C(=O)/C=C/c2ccc(OC)c(OC)c2)cc1OC.COc1ccc(/C=C/C(=O)CC(=O)/C=C/c2ccc(OC)c(OC)c2)cc1OC.COc1ccc(C=O)cc1OC. The number of methoxy groups -OCH3 is 10. The van der Waals surface area contributed by atoms with Gasteiger partial charge < -0.3 is 47.4 Å². The molecule has 0 amide bonds. The fourth-order valence-corrected chi connectivity index (χ4v) is 6.65. The van der Waals surface area contributed by atoms with E-state index < -0.39 is 5.41 Å². The highest BCUT2D eigenvalue weighted by atomic mass is 16.5. The van der Waals surface area contributed by atoms with E-state index in [1.54, 1.807) is 193 Å². The van der Waals surface area contributed by atoms with Gasteiger partial charge in [0.05, 0.1) is 89.4 Å².